The van der Waals surface area contributed by atoms with Gasteiger partial charge in [-0.25, -0.2) is 13.1 Å². The number of rotatable bonds is 7. The highest BCUT2D eigenvalue weighted by atomic mass is 32.2. The maximum atomic E-state index is 12.9. The molecular formula is C16H28N2O3S. The van der Waals surface area contributed by atoms with Crippen molar-refractivity contribution < 1.29 is 13.2 Å². The van der Waals surface area contributed by atoms with Crippen LogP contribution in [0.2, 0.25) is 0 Å². The summed E-state index contributed by atoms with van der Waals surface area (Å²) in [5.41, 5.74) is 6.75. The number of nitrogens with two attached hydrogens (primary N) is 1. The fourth-order valence-corrected chi connectivity index (χ4v) is 4.66. The minimum absolute atomic E-state index is 0.184. The fraction of sp³-hybridized carbons (Fsp3) is 0.625. The molecule has 0 fully saturated rings. The summed E-state index contributed by atoms with van der Waals surface area (Å²) in [6.45, 7) is 9.83. The lowest BCUT2D eigenvalue weighted by atomic mass is 9.92. The number of benzene rings is 1. The first-order valence-electron chi connectivity index (χ1n) is 7.44. The summed E-state index contributed by atoms with van der Waals surface area (Å²) in [4.78, 5) is 0.184. The SMILES string of the molecule is COc1cc(C)cc(C)c1S(=O)(=O)NC(C)(CN)CC(C)C. The van der Waals surface area contributed by atoms with Crippen molar-refractivity contribution in [1.29, 1.82) is 0 Å². The quantitative estimate of drug-likeness (QED) is 0.805. The first kappa shape index (κ1) is 18.9. The molecule has 6 heteroatoms. The molecule has 126 valence electrons. The number of aryl methyl sites for hydroxylation is 2. The number of methoxy groups -OCH3 is 1. The van der Waals surface area contributed by atoms with E-state index in [2.05, 4.69) is 4.72 Å². The van der Waals surface area contributed by atoms with E-state index in [1.54, 1.807) is 13.0 Å². The highest BCUT2D eigenvalue weighted by Crippen LogP contribution is 2.30. The molecule has 0 radical (unpaired) electrons. The monoisotopic (exact) mass is 328 g/mol. The maximum Gasteiger partial charge on any atom is 0.245 e. The Labute approximate surface area is 134 Å². The van der Waals surface area contributed by atoms with Gasteiger partial charge < -0.3 is 10.5 Å². The van der Waals surface area contributed by atoms with E-state index in [1.165, 1.54) is 7.11 Å². The van der Waals surface area contributed by atoms with Crippen LogP contribution in [0.1, 0.15) is 38.3 Å². The molecule has 0 bridgehead atoms. The Morgan fingerprint density at radius 2 is 1.91 bits per heavy atom. The molecule has 1 atom stereocenters. The molecule has 0 spiro atoms. The van der Waals surface area contributed by atoms with E-state index < -0.39 is 15.6 Å². The molecule has 22 heavy (non-hydrogen) atoms. The van der Waals surface area contributed by atoms with Crippen molar-refractivity contribution in [3.8, 4) is 5.75 Å². The lowest BCUT2D eigenvalue weighted by Crippen LogP contribution is -2.52. The molecule has 1 aromatic rings. The summed E-state index contributed by atoms with van der Waals surface area (Å²) in [7, 11) is -2.25. The molecular weight excluding hydrogens is 300 g/mol. The Morgan fingerprint density at radius 3 is 2.36 bits per heavy atom. The first-order valence-corrected chi connectivity index (χ1v) is 8.92. The van der Waals surface area contributed by atoms with Gasteiger partial charge in [-0.3, -0.25) is 0 Å². The zero-order chi connectivity index (χ0) is 17.1. The molecule has 1 rings (SSSR count). The fourth-order valence-electron chi connectivity index (χ4n) is 2.85. The zero-order valence-corrected chi connectivity index (χ0v) is 15.2. The summed E-state index contributed by atoms with van der Waals surface area (Å²) >= 11 is 0. The Bertz CT molecular complexity index is 627. The van der Waals surface area contributed by atoms with Crippen LogP contribution in [0, 0.1) is 19.8 Å². The second-order valence-electron chi connectivity index (χ2n) is 6.58. The maximum absolute atomic E-state index is 12.9. The Hall–Kier alpha value is -1.11. The van der Waals surface area contributed by atoms with Crippen molar-refractivity contribution >= 4 is 10.0 Å². The highest BCUT2D eigenvalue weighted by Gasteiger charge is 2.32. The third-order valence-corrected chi connectivity index (χ3v) is 5.39. The van der Waals surface area contributed by atoms with Gasteiger partial charge in [0.1, 0.15) is 10.6 Å². The minimum Gasteiger partial charge on any atom is -0.495 e. The lowest BCUT2D eigenvalue weighted by molar-refractivity contribution is 0.343. The molecule has 0 aliphatic rings. The molecule has 5 nitrogen and oxygen atoms in total. The second kappa shape index (κ2) is 6.98. The largest absolute Gasteiger partial charge is 0.495 e. The molecule has 0 heterocycles. The average molecular weight is 328 g/mol. The molecule has 0 amide bonds. The predicted molar refractivity (Wildman–Crippen MR) is 89.7 cm³/mol. The van der Waals surface area contributed by atoms with Crippen molar-refractivity contribution in [3.05, 3.63) is 23.3 Å². The molecule has 3 N–H and O–H groups in total. The van der Waals surface area contributed by atoms with E-state index in [4.69, 9.17) is 10.5 Å². The van der Waals surface area contributed by atoms with Crippen molar-refractivity contribution in [2.24, 2.45) is 11.7 Å². The Balaban J connectivity index is 3.31. The van der Waals surface area contributed by atoms with Crippen molar-refractivity contribution in [3.63, 3.8) is 0 Å². The van der Waals surface area contributed by atoms with Gasteiger partial charge in [-0.2, -0.15) is 0 Å². The molecule has 0 aromatic heterocycles. The molecule has 0 aliphatic heterocycles. The minimum atomic E-state index is -3.72. The smallest absolute Gasteiger partial charge is 0.245 e. The standard InChI is InChI=1S/C16H28N2O3S/c1-11(2)9-16(5,10-17)18-22(19,20)15-13(4)7-12(3)8-14(15)21-6/h7-8,11,18H,9-10,17H2,1-6H3. The van der Waals surface area contributed by atoms with Gasteiger partial charge in [0.05, 0.1) is 7.11 Å². The number of nitrogens with one attached hydrogen (secondary N) is 1. The average Bonchev–Trinajstić information content (AvgIpc) is 2.35. The second-order valence-corrected chi connectivity index (χ2v) is 8.20. The molecule has 0 saturated heterocycles. The van der Waals surface area contributed by atoms with Crippen LogP contribution in [-0.4, -0.2) is 27.6 Å². The van der Waals surface area contributed by atoms with Crippen LogP contribution in [0.4, 0.5) is 0 Å². The van der Waals surface area contributed by atoms with Crippen LogP contribution in [0.5, 0.6) is 5.75 Å². The van der Waals surface area contributed by atoms with Crippen LogP contribution in [0.15, 0.2) is 17.0 Å². The van der Waals surface area contributed by atoms with Crippen LogP contribution in [0.25, 0.3) is 0 Å². The molecule has 1 aromatic carbocycles. The third-order valence-electron chi connectivity index (χ3n) is 3.56. The van der Waals surface area contributed by atoms with Crippen LogP contribution in [-0.2, 0) is 10.0 Å². The van der Waals surface area contributed by atoms with Gasteiger partial charge in [0.2, 0.25) is 10.0 Å². The van der Waals surface area contributed by atoms with Gasteiger partial charge in [-0.05, 0) is 50.3 Å². The summed E-state index contributed by atoms with van der Waals surface area (Å²) in [6.07, 6.45) is 0.663. The number of hydrogen-bond donors (Lipinski definition) is 2. The summed E-state index contributed by atoms with van der Waals surface area (Å²) in [6, 6.07) is 3.56. The van der Waals surface area contributed by atoms with Crippen LogP contribution >= 0.6 is 0 Å². The number of hydrogen-bond acceptors (Lipinski definition) is 4. The van der Waals surface area contributed by atoms with Gasteiger partial charge in [0.15, 0.2) is 0 Å². The molecule has 1 unspecified atom stereocenters. The van der Waals surface area contributed by atoms with Crippen molar-refractivity contribution in [1.82, 2.24) is 4.72 Å². The number of sulfonamides is 1. The topological polar surface area (TPSA) is 81.4 Å². The van der Waals surface area contributed by atoms with Crippen molar-refractivity contribution in [2.75, 3.05) is 13.7 Å². The van der Waals surface area contributed by atoms with Gasteiger partial charge in [0, 0.05) is 12.1 Å². The van der Waals surface area contributed by atoms with Gasteiger partial charge in [0.25, 0.3) is 0 Å². The predicted octanol–water partition coefficient (Wildman–Crippen LogP) is 2.35. The van der Waals surface area contributed by atoms with E-state index in [-0.39, 0.29) is 11.4 Å². The number of ether oxygens (including phenoxy) is 1. The first-order chi connectivity index (χ1) is 10.0. The van der Waals surface area contributed by atoms with Gasteiger partial charge in [-0.1, -0.05) is 19.9 Å². The third kappa shape index (κ3) is 4.44. The van der Waals surface area contributed by atoms with E-state index in [9.17, 15) is 8.42 Å². The normalized spacial score (nSPS) is 14.9. The van der Waals surface area contributed by atoms with Crippen molar-refractivity contribution in [2.45, 2.75) is 51.5 Å². The van der Waals surface area contributed by atoms with E-state index in [0.29, 0.717) is 23.7 Å². The van der Waals surface area contributed by atoms with E-state index in [1.807, 2.05) is 33.8 Å². The Morgan fingerprint density at radius 1 is 1.32 bits per heavy atom. The summed E-state index contributed by atoms with van der Waals surface area (Å²) in [5, 5.41) is 0. The summed E-state index contributed by atoms with van der Waals surface area (Å²) < 4.78 is 33.7. The van der Waals surface area contributed by atoms with Crippen LogP contribution < -0.4 is 15.2 Å². The lowest BCUT2D eigenvalue weighted by Gasteiger charge is -2.31. The van der Waals surface area contributed by atoms with Gasteiger partial charge >= 0.3 is 0 Å². The van der Waals surface area contributed by atoms with E-state index >= 15 is 0 Å². The highest BCUT2D eigenvalue weighted by molar-refractivity contribution is 7.89. The molecule has 0 aliphatic carbocycles. The molecule has 0 saturated carbocycles. The Kier molecular flexibility index (Phi) is 6.01. The zero-order valence-electron chi connectivity index (χ0n) is 14.4. The summed E-state index contributed by atoms with van der Waals surface area (Å²) in [5.74, 6) is 0.686. The van der Waals surface area contributed by atoms with Crippen LogP contribution in [0.3, 0.4) is 0 Å². The van der Waals surface area contributed by atoms with E-state index in [0.717, 1.165) is 5.56 Å². The van der Waals surface area contributed by atoms with Gasteiger partial charge in [-0.15, -0.1) is 0 Å².